The number of fused-ring (bicyclic) bond motifs is 12. The van der Waals surface area contributed by atoms with Crippen LogP contribution in [0.15, 0.2) is 156 Å². The molecule has 0 unspecified atom stereocenters. The second-order valence-corrected chi connectivity index (χ2v) is 13.8. The van der Waals surface area contributed by atoms with Crippen molar-refractivity contribution in [2.75, 3.05) is 0 Å². The molecule has 11 rings (SSSR count). The molecule has 0 saturated heterocycles. The molecule has 50 heavy (non-hydrogen) atoms. The molecule has 0 saturated carbocycles. The van der Waals surface area contributed by atoms with E-state index in [1.165, 1.54) is 41.7 Å². The van der Waals surface area contributed by atoms with Crippen LogP contribution in [0, 0.1) is 0 Å². The minimum absolute atomic E-state index is 0.612. The number of thiophene rings is 1. The molecule has 0 fully saturated rings. The number of hydrogen-bond donors (Lipinski definition) is 0. The number of para-hydroxylation sites is 1. The number of hydrogen-bond acceptors (Lipinski definition) is 5. The maximum atomic E-state index is 6.26. The molecule has 0 aliphatic carbocycles. The standard InChI is InChI=1S/C45H25N3OS/c1-2-11-27(12-3-1)43-46-44(34-17-10-19-37-41(34)33-16-6-8-18-36(33)49-37)48-45(47-43)35-25-28-22-21-26-23-24-32-30-14-7-9-20-38(30)50-42(32)40(26)39(28)31-15-5-4-13-29(31)35/h1-25H. The summed E-state index contributed by atoms with van der Waals surface area (Å²) in [5.41, 5.74) is 4.47. The van der Waals surface area contributed by atoms with Gasteiger partial charge in [0.25, 0.3) is 0 Å². The predicted octanol–water partition coefficient (Wildman–Crippen LogP) is 12.6. The lowest BCUT2D eigenvalue weighted by Gasteiger charge is -2.14. The Morgan fingerprint density at radius 1 is 0.400 bits per heavy atom. The van der Waals surface area contributed by atoms with Crippen LogP contribution < -0.4 is 0 Å². The van der Waals surface area contributed by atoms with Gasteiger partial charge in [0.2, 0.25) is 0 Å². The summed E-state index contributed by atoms with van der Waals surface area (Å²) in [5.74, 6) is 1.88. The van der Waals surface area contributed by atoms with Gasteiger partial charge in [-0.3, -0.25) is 0 Å². The summed E-state index contributed by atoms with van der Waals surface area (Å²) in [6.45, 7) is 0. The minimum atomic E-state index is 0.612. The summed E-state index contributed by atoms with van der Waals surface area (Å²) in [7, 11) is 0. The van der Waals surface area contributed by atoms with E-state index in [1.807, 2.05) is 59.9 Å². The van der Waals surface area contributed by atoms with Gasteiger partial charge in [0.1, 0.15) is 11.2 Å². The summed E-state index contributed by atoms with van der Waals surface area (Å²) in [6.07, 6.45) is 0. The third kappa shape index (κ3) is 4.01. The molecular formula is C45H25N3OS. The topological polar surface area (TPSA) is 51.8 Å². The Hall–Kier alpha value is -6.43. The quantitative estimate of drug-likeness (QED) is 0.178. The van der Waals surface area contributed by atoms with Crippen LogP contribution in [-0.2, 0) is 0 Å². The fourth-order valence-corrected chi connectivity index (χ4v) is 8.93. The van der Waals surface area contributed by atoms with Crippen molar-refractivity contribution in [3.8, 4) is 34.2 Å². The van der Waals surface area contributed by atoms with Crippen molar-refractivity contribution >= 4 is 85.8 Å². The van der Waals surface area contributed by atoms with Gasteiger partial charge in [0, 0.05) is 53.0 Å². The van der Waals surface area contributed by atoms with Crippen LogP contribution >= 0.6 is 11.3 Å². The van der Waals surface area contributed by atoms with E-state index < -0.39 is 0 Å². The molecule has 0 aliphatic rings. The second-order valence-electron chi connectivity index (χ2n) is 12.7. The Labute approximate surface area is 289 Å². The van der Waals surface area contributed by atoms with Gasteiger partial charge >= 0.3 is 0 Å². The van der Waals surface area contributed by atoms with Gasteiger partial charge in [-0.1, -0.05) is 127 Å². The highest BCUT2D eigenvalue weighted by molar-refractivity contribution is 7.26. The smallest absolute Gasteiger partial charge is 0.164 e. The van der Waals surface area contributed by atoms with Gasteiger partial charge in [0.05, 0.1) is 0 Å². The molecule has 0 aliphatic heterocycles. The van der Waals surface area contributed by atoms with Crippen molar-refractivity contribution in [1.29, 1.82) is 0 Å². The molecule has 0 bridgehead atoms. The molecule has 4 nitrogen and oxygen atoms in total. The Bertz CT molecular complexity index is 3160. The zero-order valence-corrected chi connectivity index (χ0v) is 27.4. The zero-order valence-electron chi connectivity index (χ0n) is 26.6. The Balaban J connectivity index is 1.23. The van der Waals surface area contributed by atoms with E-state index in [9.17, 15) is 0 Å². The van der Waals surface area contributed by atoms with Crippen molar-refractivity contribution in [2.45, 2.75) is 0 Å². The summed E-state index contributed by atoms with van der Waals surface area (Å²) < 4.78 is 8.89. The van der Waals surface area contributed by atoms with E-state index in [0.29, 0.717) is 17.5 Å². The average Bonchev–Trinajstić information content (AvgIpc) is 3.76. The molecule has 8 aromatic carbocycles. The van der Waals surface area contributed by atoms with Gasteiger partial charge in [-0.05, 0) is 51.2 Å². The largest absolute Gasteiger partial charge is 0.456 e. The molecule has 0 amide bonds. The summed E-state index contributed by atoms with van der Waals surface area (Å²) in [4.78, 5) is 15.6. The first-order valence-corrected chi connectivity index (χ1v) is 17.5. The lowest BCUT2D eigenvalue weighted by molar-refractivity contribution is 0.669. The molecule has 232 valence electrons. The number of furan rings is 1. The lowest BCUT2D eigenvalue weighted by Crippen LogP contribution is -2.01. The molecule has 11 aromatic rings. The highest BCUT2D eigenvalue weighted by Gasteiger charge is 2.20. The molecule has 0 N–H and O–H groups in total. The molecule has 5 heteroatoms. The zero-order chi connectivity index (χ0) is 32.8. The van der Waals surface area contributed by atoms with Crippen molar-refractivity contribution in [3.63, 3.8) is 0 Å². The van der Waals surface area contributed by atoms with E-state index in [0.717, 1.165) is 49.4 Å². The van der Waals surface area contributed by atoms with Crippen LogP contribution in [-0.4, -0.2) is 15.0 Å². The van der Waals surface area contributed by atoms with Crippen molar-refractivity contribution in [2.24, 2.45) is 0 Å². The minimum Gasteiger partial charge on any atom is -0.456 e. The highest BCUT2D eigenvalue weighted by Crippen LogP contribution is 2.45. The van der Waals surface area contributed by atoms with Crippen LogP contribution in [0.4, 0.5) is 0 Å². The van der Waals surface area contributed by atoms with Gasteiger partial charge in [-0.2, -0.15) is 0 Å². The molecule has 3 aromatic heterocycles. The van der Waals surface area contributed by atoms with Crippen molar-refractivity contribution < 1.29 is 4.42 Å². The Morgan fingerprint density at radius 3 is 1.94 bits per heavy atom. The van der Waals surface area contributed by atoms with Crippen LogP contribution in [0.2, 0.25) is 0 Å². The van der Waals surface area contributed by atoms with Gasteiger partial charge in [-0.15, -0.1) is 11.3 Å². The second kappa shape index (κ2) is 10.5. The summed E-state index contributed by atoms with van der Waals surface area (Å²) >= 11 is 1.88. The fraction of sp³-hybridized carbons (Fsp3) is 0. The fourth-order valence-electron chi connectivity index (χ4n) is 7.67. The van der Waals surface area contributed by atoms with Crippen LogP contribution in [0.25, 0.3) is 109 Å². The van der Waals surface area contributed by atoms with Crippen LogP contribution in [0.3, 0.4) is 0 Å². The molecular weight excluding hydrogens is 631 g/mol. The van der Waals surface area contributed by atoms with Gasteiger partial charge < -0.3 is 4.42 Å². The van der Waals surface area contributed by atoms with Crippen LogP contribution in [0.5, 0.6) is 0 Å². The maximum absolute atomic E-state index is 6.26. The third-order valence-electron chi connectivity index (χ3n) is 9.90. The van der Waals surface area contributed by atoms with E-state index in [4.69, 9.17) is 19.4 Å². The van der Waals surface area contributed by atoms with E-state index in [2.05, 4.69) is 103 Å². The molecule has 0 radical (unpaired) electrons. The normalized spacial score (nSPS) is 12.0. The first-order valence-electron chi connectivity index (χ1n) is 16.7. The average molecular weight is 656 g/mol. The summed E-state index contributed by atoms with van der Waals surface area (Å²) in [6, 6.07) is 53.1. The number of nitrogens with zero attached hydrogens (tertiary/aromatic N) is 3. The molecule has 0 spiro atoms. The number of aromatic nitrogens is 3. The Kier molecular flexibility index (Phi) is 5.80. The number of rotatable bonds is 3. The first-order chi connectivity index (χ1) is 24.8. The monoisotopic (exact) mass is 655 g/mol. The third-order valence-corrected chi connectivity index (χ3v) is 11.1. The van der Waals surface area contributed by atoms with Gasteiger partial charge in [0.15, 0.2) is 17.5 Å². The van der Waals surface area contributed by atoms with E-state index in [1.54, 1.807) is 0 Å². The molecule has 3 heterocycles. The van der Waals surface area contributed by atoms with Crippen molar-refractivity contribution in [3.05, 3.63) is 152 Å². The highest BCUT2D eigenvalue weighted by atomic mass is 32.1. The van der Waals surface area contributed by atoms with E-state index in [-0.39, 0.29) is 0 Å². The predicted molar refractivity (Wildman–Crippen MR) is 209 cm³/mol. The first kappa shape index (κ1) is 27.5. The van der Waals surface area contributed by atoms with Crippen molar-refractivity contribution in [1.82, 2.24) is 15.0 Å². The van der Waals surface area contributed by atoms with Gasteiger partial charge in [-0.25, -0.2) is 15.0 Å². The maximum Gasteiger partial charge on any atom is 0.164 e. The Morgan fingerprint density at radius 2 is 1.06 bits per heavy atom. The lowest BCUT2D eigenvalue weighted by atomic mass is 9.92. The van der Waals surface area contributed by atoms with Crippen LogP contribution in [0.1, 0.15) is 0 Å². The number of benzene rings is 8. The SMILES string of the molecule is c1ccc(-c2nc(-c3cc4ccc5ccc6c7ccccc7sc6c5c4c4ccccc34)nc(-c3cccc4oc5ccccc5c34)n2)cc1. The van der Waals surface area contributed by atoms with E-state index >= 15 is 0 Å². The molecule has 0 atom stereocenters. The summed E-state index contributed by atoms with van der Waals surface area (Å²) in [5, 5.41) is 11.9.